The average molecular weight is 418 g/mol. The van der Waals surface area contributed by atoms with Gasteiger partial charge < -0.3 is 9.47 Å². The van der Waals surface area contributed by atoms with Gasteiger partial charge in [0.05, 0.1) is 11.3 Å². The van der Waals surface area contributed by atoms with Crippen LogP contribution in [0.15, 0.2) is 77.7 Å². The van der Waals surface area contributed by atoms with Crippen LogP contribution in [0.1, 0.15) is 27.2 Å². The Balaban J connectivity index is 1.41. The summed E-state index contributed by atoms with van der Waals surface area (Å²) in [7, 11) is 0. The zero-order valence-electron chi connectivity index (χ0n) is 16.7. The van der Waals surface area contributed by atoms with Crippen molar-refractivity contribution >= 4 is 11.6 Å². The number of nitrogens with zero attached hydrogens (tertiary/aromatic N) is 2. The van der Waals surface area contributed by atoms with Gasteiger partial charge in [0.25, 0.3) is 5.56 Å². The minimum absolute atomic E-state index is 0.126. The number of aromatic nitrogens is 2. The van der Waals surface area contributed by atoms with E-state index in [-0.39, 0.29) is 24.6 Å². The van der Waals surface area contributed by atoms with Crippen molar-refractivity contribution in [2.45, 2.75) is 20.1 Å². The maximum Gasteiger partial charge on any atom is 0.338 e. The standard InChI is InChI=1S/C24H19FN2O4/c1-16-5-10-22-26-20(12-23(28)27(22)13-16)15-31-24(29)18-3-2-4-21(11-18)30-14-17-6-8-19(25)9-7-17/h2-13H,14-15H2,1H3. The van der Waals surface area contributed by atoms with Gasteiger partial charge in [0.15, 0.2) is 0 Å². The molecule has 0 unspecified atom stereocenters. The van der Waals surface area contributed by atoms with Crippen molar-refractivity contribution in [1.82, 2.24) is 9.38 Å². The van der Waals surface area contributed by atoms with E-state index in [0.717, 1.165) is 11.1 Å². The predicted octanol–water partition coefficient (Wildman–Crippen LogP) is 4.08. The number of ether oxygens (including phenoxy) is 2. The number of pyridine rings is 1. The molecular formula is C24H19FN2O4. The van der Waals surface area contributed by atoms with E-state index in [0.29, 0.717) is 22.7 Å². The summed E-state index contributed by atoms with van der Waals surface area (Å²) in [6.45, 7) is 2.00. The van der Waals surface area contributed by atoms with Crippen LogP contribution < -0.4 is 10.3 Å². The Labute approximate surface area is 177 Å². The van der Waals surface area contributed by atoms with Gasteiger partial charge in [-0.2, -0.15) is 0 Å². The first-order chi connectivity index (χ1) is 15.0. The molecule has 0 spiro atoms. The summed E-state index contributed by atoms with van der Waals surface area (Å²) < 4.78 is 25.4. The molecule has 0 saturated carbocycles. The van der Waals surface area contributed by atoms with E-state index in [1.54, 1.807) is 48.7 Å². The Hall–Kier alpha value is -4.00. The fraction of sp³-hybridized carbons (Fsp3) is 0.125. The molecule has 0 amide bonds. The molecule has 0 fully saturated rings. The average Bonchev–Trinajstić information content (AvgIpc) is 2.78. The van der Waals surface area contributed by atoms with Gasteiger partial charge in [-0.3, -0.25) is 9.20 Å². The smallest absolute Gasteiger partial charge is 0.338 e. The van der Waals surface area contributed by atoms with Crippen LogP contribution in [-0.2, 0) is 18.0 Å². The third kappa shape index (κ3) is 4.95. The maximum atomic E-state index is 13.0. The van der Waals surface area contributed by atoms with Gasteiger partial charge in [0, 0.05) is 12.3 Å². The quantitative estimate of drug-likeness (QED) is 0.442. The third-order valence-electron chi connectivity index (χ3n) is 4.60. The molecule has 2 aromatic carbocycles. The van der Waals surface area contributed by atoms with E-state index in [9.17, 15) is 14.0 Å². The van der Waals surface area contributed by atoms with E-state index in [1.807, 2.05) is 13.0 Å². The SMILES string of the molecule is Cc1ccc2nc(COC(=O)c3cccc(OCc4ccc(F)cc4)c3)cc(=O)n2c1. The number of aryl methyl sites for hydroxylation is 1. The molecule has 0 bridgehead atoms. The third-order valence-corrected chi connectivity index (χ3v) is 4.60. The Morgan fingerprint density at radius 1 is 1.03 bits per heavy atom. The molecule has 0 radical (unpaired) electrons. The second-order valence-electron chi connectivity index (χ2n) is 7.04. The maximum absolute atomic E-state index is 13.0. The molecule has 0 aliphatic carbocycles. The molecule has 31 heavy (non-hydrogen) atoms. The molecule has 0 aliphatic heterocycles. The zero-order chi connectivity index (χ0) is 21.8. The van der Waals surface area contributed by atoms with Crippen LogP contribution in [0.4, 0.5) is 4.39 Å². The summed E-state index contributed by atoms with van der Waals surface area (Å²) in [6, 6.07) is 17.5. The summed E-state index contributed by atoms with van der Waals surface area (Å²) in [4.78, 5) is 29.1. The molecule has 7 heteroatoms. The normalized spacial score (nSPS) is 10.8. The number of esters is 1. The topological polar surface area (TPSA) is 69.9 Å². The highest BCUT2D eigenvalue weighted by atomic mass is 19.1. The lowest BCUT2D eigenvalue weighted by molar-refractivity contribution is 0.0467. The molecule has 0 N–H and O–H groups in total. The van der Waals surface area contributed by atoms with Crippen molar-refractivity contribution in [2.24, 2.45) is 0 Å². The molecule has 0 atom stereocenters. The highest BCUT2D eigenvalue weighted by Gasteiger charge is 2.11. The lowest BCUT2D eigenvalue weighted by Gasteiger charge is -2.09. The summed E-state index contributed by atoms with van der Waals surface area (Å²) in [5.41, 5.74) is 2.67. The van der Waals surface area contributed by atoms with Crippen molar-refractivity contribution in [3.05, 3.63) is 111 Å². The minimum Gasteiger partial charge on any atom is -0.489 e. The van der Waals surface area contributed by atoms with Crippen LogP contribution in [0.2, 0.25) is 0 Å². The lowest BCUT2D eigenvalue weighted by atomic mass is 10.2. The van der Waals surface area contributed by atoms with E-state index in [4.69, 9.17) is 9.47 Å². The van der Waals surface area contributed by atoms with Crippen molar-refractivity contribution in [2.75, 3.05) is 0 Å². The van der Waals surface area contributed by atoms with Crippen molar-refractivity contribution < 1.29 is 18.7 Å². The number of fused-ring (bicyclic) bond motifs is 1. The Morgan fingerprint density at radius 2 is 1.84 bits per heavy atom. The van der Waals surface area contributed by atoms with E-state index in [2.05, 4.69) is 4.98 Å². The van der Waals surface area contributed by atoms with Gasteiger partial charge in [-0.1, -0.05) is 24.3 Å². The Kier molecular flexibility index (Phi) is 5.75. The minimum atomic E-state index is -0.557. The van der Waals surface area contributed by atoms with Crippen molar-refractivity contribution in [1.29, 1.82) is 0 Å². The molecule has 4 aromatic rings. The fourth-order valence-electron chi connectivity index (χ4n) is 3.02. The second-order valence-corrected chi connectivity index (χ2v) is 7.04. The summed E-state index contributed by atoms with van der Waals surface area (Å²) in [6.07, 6.45) is 1.71. The van der Waals surface area contributed by atoms with Crippen LogP contribution in [0.5, 0.6) is 5.75 Å². The second kappa shape index (κ2) is 8.79. The molecule has 0 saturated heterocycles. The first-order valence-electron chi connectivity index (χ1n) is 9.61. The molecule has 4 rings (SSSR count). The number of carbonyl (C=O) groups excluding carboxylic acids is 1. The zero-order valence-corrected chi connectivity index (χ0v) is 16.7. The van der Waals surface area contributed by atoms with Crippen molar-refractivity contribution in [3.8, 4) is 5.75 Å². The summed E-state index contributed by atoms with van der Waals surface area (Å²) >= 11 is 0. The molecule has 6 nitrogen and oxygen atoms in total. The number of rotatable bonds is 6. The highest BCUT2D eigenvalue weighted by Crippen LogP contribution is 2.17. The first-order valence-corrected chi connectivity index (χ1v) is 9.61. The van der Waals surface area contributed by atoms with Crippen molar-refractivity contribution in [3.63, 3.8) is 0 Å². The molecule has 156 valence electrons. The number of hydrogen-bond acceptors (Lipinski definition) is 5. The monoisotopic (exact) mass is 418 g/mol. The van der Waals surface area contributed by atoms with Gasteiger partial charge in [0.2, 0.25) is 0 Å². The van der Waals surface area contributed by atoms with E-state index < -0.39 is 5.97 Å². The van der Waals surface area contributed by atoms with Crippen LogP contribution >= 0.6 is 0 Å². The number of halogens is 1. The van der Waals surface area contributed by atoms with Gasteiger partial charge >= 0.3 is 5.97 Å². The van der Waals surface area contributed by atoms with Crippen LogP contribution in [-0.4, -0.2) is 15.4 Å². The molecule has 2 aromatic heterocycles. The number of hydrogen-bond donors (Lipinski definition) is 0. The highest BCUT2D eigenvalue weighted by molar-refractivity contribution is 5.89. The van der Waals surface area contributed by atoms with Crippen LogP contribution in [0.3, 0.4) is 0 Å². The lowest BCUT2D eigenvalue weighted by Crippen LogP contribution is -2.17. The largest absolute Gasteiger partial charge is 0.489 e. The number of benzene rings is 2. The molecule has 2 heterocycles. The van der Waals surface area contributed by atoms with Gasteiger partial charge in [0.1, 0.15) is 30.4 Å². The molecular weight excluding hydrogens is 399 g/mol. The summed E-state index contributed by atoms with van der Waals surface area (Å²) in [5, 5.41) is 0. The van der Waals surface area contributed by atoms with Gasteiger partial charge in [-0.05, 0) is 54.4 Å². The Morgan fingerprint density at radius 3 is 2.65 bits per heavy atom. The summed E-state index contributed by atoms with van der Waals surface area (Å²) in [5.74, 6) is -0.387. The van der Waals surface area contributed by atoms with Crippen LogP contribution in [0, 0.1) is 12.7 Å². The predicted molar refractivity (Wildman–Crippen MR) is 112 cm³/mol. The van der Waals surface area contributed by atoms with Gasteiger partial charge in [-0.25, -0.2) is 14.2 Å². The van der Waals surface area contributed by atoms with Crippen LogP contribution in [0.25, 0.3) is 5.65 Å². The fourth-order valence-corrected chi connectivity index (χ4v) is 3.02. The first kappa shape index (κ1) is 20.3. The van der Waals surface area contributed by atoms with E-state index in [1.165, 1.54) is 22.6 Å². The molecule has 0 aliphatic rings. The Bertz CT molecular complexity index is 1300. The van der Waals surface area contributed by atoms with Gasteiger partial charge in [-0.15, -0.1) is 0 Å². The number of carbonyl (C=O) groups is 1. The van der Waals surface area contributed by atoms with E-state index >= 15 is 0 Å².